The van der Waals surface area contributed by atoms with Gasteiger partial charge in [-0.15, -0.1) is 0 Å². The van der Waals surface area contributed by atoms with Gasteiger partial charge in [0.15, 0.2) is 5.76 Å². The Labute approximate surface area is 134 Å². The Kier molecular flexibility index (Phi) is 4.15. The van der Waals surface area contributed by atoms with Crippen LogP contribution in [0.5, 0.6) is 5.75 Å². The fraction of sp³-hybridized carbons (Fsp3) is 0.105. The Bertz CT molecular complexity index is 801. The number of rotatable bonds is 4. The zero-order valence-electron chi connectivity index (χ0n) is 12.7. The Morgan fingerprint density at radius 2 is 1.57 bits per heavy atom. The van der Waals surface area contributed by atoms with Crippen molar-refractivity contribution in [1.82, 2.24) is 5.32 Å². The maximum absolute atomic E-state index is 11.9. The summed E-state index contributed by atoms with van der Waals surface area (Å²) in [5, 5.41) is 12.1. The molecular weight excluding hydrogens is 290 g/mol. The van der Waals surface area contributed by atoms with E-state index in [1.165, 1.54) is 0 Å². The molecule has 4 nitrogen and oxygen atoms in total. The van der Waals surface area contributed by atoms with Crippen LogP contribution in [0.2, 0.25) is 0 Å². The Morgan fingerprint density at radius 3 is 2.13 bits per heavy atom. The lowest BCUT2D eigenvalue weighted by atomic mass is 10.0. The van der Waals surface area contributed by atoms with E-state index in [-0.39, 0.29) is 11.7 Å². The number of hydrogen-bond acceptors (Lipinski definition) is 3. The standard InChI is InChI=1S/C19H17NO3/c1-13-2-11-18(23-13)19(22)20-12-14-3-5-15(6-4-14)16-7-9-17(21)10-8-16/h2-11,21H,12H2,1H3,(H,20,22). The van der Waals surface area contributed by atoms with E-state index in [4.69, 9.17) is 4.42 Å². The smallest absolute Gasteiger partial charge is 0.287 e. The molecule has 0 aliphatic rings. The lowest BCUT2D eigenvalue weighted by Crippen LogP contribution is -2.22. The number of carbonyl (C=O) groups excluding carboxylic acids is 1. The molecule has 0 fully saturated rings. The molecule has 0 unspecified atom stereocenters. The summed E-state index contributed by atoms with van der Waals surface area (Å²) in [6, 6.07) is 18.4. The highest BCUT2D eigenvalue weighted by Crippen LogP contribution is 2.22. The van der Waals surface area contributed by atoms with Gasteiger partial charge in [0.05, 0.1) is 0 Å². The molecule has 3 aromatic rings. The number of phenolic OH excluding ortho intramolecular Hbond substituents is 1. The van der Waals surface area contributed by atoms with Crippen molar-refractivity contribution in [2.24, 2.45) is 0 Å². The van der Waals surface area contributed by atoms with Gasteiger partial charge in [0.25, 0.3) is 5.91 Å². The number of hydrogen-bond donors (Lipinski definition) is 2. The highest BCUT2D eigenvalue weighted by molar-refractivity contribution is 5.91. The predicted octanol–water partition coefficient (Wildman–Crippen LogP) is 3.89. The third kappa shape index (κ3) is 3.61. The quantitative estimate of drug-likeness (QED) is 0.768. The van der Waals surface area contributed by atoms with E-state index in [1.54, 1.807) is 31.2 Å². The van der Waals surface area contributed by atoms with Crippen LogP contribution in [0.1, 0.15) is 21.9 Å². The molecule has 0 saturated carbocycles. The number of aromatic hydroxyl groups is 1. The molecule has 116 valence electrons. The summed E-state index contributed by atoms with van der Waals surface area (Å²) in [7, 11) is 0. The first-order valence-corrected chi connectivity index (χ1v) is 7.35. The topological polar surface area (TPSA) is 62.5 Å². The SMILES string of the molecule is Cc1ccc(C(=O)NCc2ccc(-c3ccc(O)cc3)cc2)o1. The molecule has 3 rings (SSSR count). The van der Waals surface area contributed by atoms with Gasteiger partial charge >= 0.3 is 0 Å². The zero-order valence-corrected chi connectivity index (χ0v) is 12.7. The van der Waals surface area contributed by atoms with E-state index < -0.39 is 0 Å². The van der Waals surface area contributed by atoms with Crippen molar-refractivity contribution >= 4 is 5.91 Å². The lowest BCUT2D eigenvalue weighted by molar-refractivity contribution is 0.0922. The molecule has 1 amide bonds. The van der Waals surface area contributed by atoms with Crippen LogP contribution in [-0.4, -0.2) is 11.0 Å². The predicted molar refractivity (Wildman–Crippen MR) is 88.2 cm³/mol. The number of benzene rings is 2. The molecule has 0 bridgehead atoms. The van der Waals surface area contributed by atoms with Crippen molar-refractivity contribution in [3.63, 3.8) is 0 Å². The number of amides is 1. The van der Waals surface area contributed by atoms with E-state index in [9.17, 15) is 9.90 Å². The van der Waals surface area contributed by atoms with Crippen LogP contribution < -0.4 is 5.32 Å². The van der Waals surface area contributed by atoms with E-state index in [2.05, 4.69) is 5.32 Å². The van der Waals surface area contributed by atoms with Crippen molar-refractivity contribution in [3.8, 4) is 16.9 Å². The third-order valence-electron chi connectivity index (χ3n) is 3.57. The van der Waals surface area contributed by atoms with Gasteiger partial charge in [0, 0.05) is 6.54 Å². The van der Waals surface area contributed by atoms with Gasteiger partial charge in [-0.05, 0) is 47.9 Å². The first-order chi connectivity index (χ1) is 11.1. The van der Waals surface area contributed by atoms with Gasteiger partial charge in [0.1, 0.15) is 11.5 Å². The van der Waals surface area contributed by atoms with Crippen molar-refractivity contribution in [2.75, 3.05) is 0 Å². The molecule has 4 heteroatoms. The van der Waals surface area contributed by atoms with E-state index in [0.717, 1.165) is 16.7 Å². The molecule has 0 atom stereocenters. The van der Waals surface area contributed by atoms with Crippen LogP contribution in [0.25, 0.3) is 11.1 Å². The molecule has 2 aromatic carbocycles. The van der Waals surface area contributed by atoms with Gasteiger partial charge in [-0.3, -0.25) is 4.79 Å². The minimum Gasteiger partial charge on any atom is -0.508 e. The van der Waals surface area contributed by atoms with Crippen molar-refractivity contribution in [3.05, 3.63) is 77.7 Å². The average Bonchev–Trinajstić information content (AvgIpc) is 3.00. The van der Waals surface area contributed by atoms with Crippen LogP contribution in [0.3, 0.4) is 0 Å². The normalized spacial score (nSPS) is 10.5. The van der Waals surface area contributed by atoms with Gasteiger partial charge in [-0.2, -0.15) is 0 Å². The molecule has 0 spiro atoms. The summed E-state index contributed by atoms with van der Waals surface area (Å²) in [5.74, 6) is 1.07. The number of phenols is 1. The summed E-state index contributed by atoms with van der Waals surface area (Å²) < 4.78 is 5.29. The van der Waals surface area contributed by atoms with E-state index >= 15 is 0 Å². The highest BCUT2D eigenvalue weighted by atomic mass is 16.3. The average molecular weight is 307 g/mol. The molecular formula is C19H17NO3. The molecule has 0 saturated heterocycles. The van der Waals surface area contributed by atoms with E-state index in [1.807, 2.05) is 36.4 Å². The van der Waals surface area contributed by atoms with Crippen LogP contribution >= 0.6 is 0 Å². The molecule has 0 aliphatic heterocycles. The van der Waals surface area contributed by atoms with Gasteiger partial charge in [-0.1, -0.05) is 36.4 Å². The summed E-state index contributed by atoms with van der Waals surface area (Å²) in [6.45, 7) is 2.24. The summed E-state index contributed by atoms with van der Waals surface area (Å²) in [5.41, 5.74) is 3.09. The number of carbonyl (C=O) groups is 1. The molecule has 23 heavy (non-hydrogen) atoms. The molecule has 1 heterocycles. The number of furan rings is 1. The summed E-state index contributed by atoms with van der Waals surface area (Å²) >= 11 is 0. The number of nitrogens with one attached hydrogen (secondary N) is 1. The highest BCUT2D eigenvalue weighted by Gasteiger charge is 2.09. The van der Waals surface area contributed by atoms with Crippen LogP contribution in [0, 0.1) is 6.92 Å². The van der Waals surface area contributed by atoms with Crippen LogP contribution in [-0.2, 0) is 6.54 Å². The monoisotopic (exact) mass is 307 g/mol. The first kappa shape index (κ1) is 14.9. The minimum atomic E-state index is -0.222. The molecule has 0 aliphatic carbocycles. The zero-order chi connectivity index (χ0) is 16.2. The maximum Gasteiger partial charge on any atom is 0.287 e. The van der Waals surface area contributed by atoms with Gasteiger partial charge in [-0.25, -0.2) is 0 Å². The first-order valence-electron chi connectivity index (χ1n) is 7.35. The second-order valence-corrected chi connectivity index (χ2v) is 5.34. The Balaban J connectivity index is 1.63. The van der Waals surface area contributed by atoms with Crippen molar-refractivity contribution in [2.45, 2.75) is 13.5 Å². The second-order valence-electron chi connectivity index (χ2n) is 5.34. The second kappa shape index (κ2) is 6.40. The van der Waals surface area contributed by atoms with E-state index in [0.29, 0.717) is 18.1 Å². The lowest BCUT2D eigenvalue weighted by Gasteiger charge is -2.06. The summed E-state index contributed by atoms with van der Waals surface area (Å²) in [6.07, 6.45) is 0. The van der Waals surface area contributed by atoms with Gasteiger partial charge in [0.2, 0.25) is 0 Å². The fourth-order valence-electron chi connectivity index (χ4n) is 2.29. The Hall–Kier alpha value is -3.01. The largest absolute Gasteiger partial charge is 0.508 e. The van der Waals surface area contributed by atoms with Crippen LogP contribution in [0.15, 0.2) is 65.1 Å². The number of aryl methyl sites for hydroxylation is 1. The fourth-order valence-corrected chi connectivity index (χ4v) is 2.29. The van der Waals surface area contributed by atoms with Gasteiger partial charge < -0.3 is 14.8 Å². The Morgan fingerprint density at radius 1 is 0.957 bits per heavy atom. The minimum absolute atomic E-state index is 0.222. The molecule has 2 N–H and O–H groups in total. The van der Waals surface area contributed by atoms with Crippen molar-refractivity contribution < 1.29 is 14.3 Å². The van der Waals surface area contributed by atoms with Crippen LogP contribution in [0.4, 0.5) is 0 Å². The molecule has 0 radical (unpaired) electrons. The maximum atomic E-state index is 11.9. The van der Waals surface area contributed by atoms with Crippen molar-refractivity contribution in [1.29, 1.82) is 0 Å². The summed E-state index contributed by atoms with van der Waals surface area (Å²) in [4.78, 5) is 11.9. The molecule has 1 aromatic heterocycles. The third-order valence-corrected chi connectivity index (χ3v) is 3.57.